The molecule has 0 amide bonds. The van der Waals surface area contributed by atoms with Gasteiger partial charge in [0, 0.05) is 6.07 Å². The first-order valence-corrected chi connectivity index (χ1v) is 12.8. The number of hydrogen-bond acceptors (Lipinski definition) is 6. The summed E-state index contributed by atoms with van der Waals surface area (Å²) in [5, 5.41) is 11.6. The predicted octanol–water partition coefficient (Wildman–Crippen LogP) is 5.63. The Labute approximate surface area is 217 Å². The minimum Gasteiger partial charge on any atom is -0.508 e. The summed E-state index contributed by atoms with van der Waals surface area (Å²) in [5.74, 6) is 0.500. The Balaban J connectivity index is 1.79. The van der Waals surface area contributed by atoms with Crippen LogP contribution in [0.4, 0.5) is 0 Å². The quantitative estimate of drug-likeness (QED) is 0.337. The molecule has 0 aliphatic heterocycles. The van der Waals surface area contributed by atoms with E-state index in [2.05, 4.69) is 0 Å². The zero-order valence-electron chi connectivity index (χ0n) is 19.5. The molecule has 1 aromatic heterocycles. The van der Waals surface area contributed by atoms with Gasteiger partial charge in [-0.05, 0) is 71.7 Å². The van der Waals surface area contributed by atoms with Crippen LogP contribution in [0, 0.1) is 13.8 Å². The van der Waals surface area contributed by atoms with Crippen LogP contribution < -0.4 is 14.6 Å². The number of halogens is 2. The molecule has 3 aromatic carbocycles. The molecule has 0 bridgehead atoms. The van der Waals surface area contributed by atoms with E-state index in [0.717, 1.165) is 28.2 Å². The molecular weight excluding hydrogens is 525 g/mol. The SMILES string of the molecule is COc1ccc2cc(C=Cc3c(Cl)c(C)c(Cl)c(=O)n3OS(=O)(=O)c3ccc(C)c(O)c3)ccc2c1. The highest BCUT2D eigenvalue weighted by Gasteiger charge is 2.24. The topological polar surface area (TPSA) is 94.8 Å². The number of aryl methyl sites for hydroxylation is 1. The first kappa shape index (κ1) is 25.6. The van der Waals surface area contributed by atoms with Crippen LogP contribution in [0.15, 0.2) is 64.3 Å². The maximum Gasteiger partial charge on any atom is 0.357 e. The third-order valence-corrected chi connectivity index (χ3v) is 7.72. The van der Waals surface area contributed by atoms with Crippen molar-refractivity contribution < 1.29 is 22.5 Å². The molecule has 36 heavy (non-hydrogen) atoms. The summed E-state index contributed by atoms with van der Waals surface area (Å²) >= 11 is 12.6. The zero-order valence-corrected chi connectivity index (χ0v) is 21.8. The first-order chi connectivity index (χ1) is 17.0. The van der Waals surface area contributed by atoms with E-state index in [1.165, 1.54) is 18.2 Å². The van der Waals surface area contributed by atoms with Gasteiger partial charge >= 0.3 is 15.7 Å². The Morgan fingerprint density at radius 3 is 2.31 bits per heavy atom. The normalized spacial score (nSPS) is 11.8. The van der Waals surface area contributed by atoms with Crippen molar-refractivity contribution in [2.24, 2.45) is 0 Å². The minimum absolute atomic E-state index is 0.0155. The molecule has 10 heteroatoms. The Morgan fingerprint density at radius 2 is 1.61 bits per heavy atom. The average Bonchev–Trinajstić information content (AvgIpc) is 2.86. The first-order valence-electron chi connectivity index (χ1n) is 10.6. The van der Waals surface area contributed by atoms with Gasteiger partial charge in [0.25, 0.3) is 0 Å². The van der Waals surface area contributed by atoms with E-state index in [9.17, 15) is 18.3 Å². The van der Waals surface area contributed by atoms with Crippen LogP contribution in [0.2, 0.25) is 10.0 Å². The molecule has 0 atom stereocenters. The summed E-state index contributed by atoms with van der Waals surface area (Å²) in [6.07, 6.45) is 3.14. The minimum atomic E-state index is -4.52. The van der Waals surface area contributed by atoms with Crippen LogP contribution in [0.25, 0.3) is 22.9 Å². The molecule has 0 aliphatic rings. The van der Waals surface area contributed by atoms with Crippen LogP contribution in [0.1, 0.15) is 22.4 Å². The molecule has 7 nitrogen and oxygen atoms in total. The van der Waals surface area contributed by atoms with E-state index in [-0.39, 0.29) is 31.9 Å². The Kier molecular flexibility index (Phi) is 7.04. The number of ether oxygens (including phenoxy) is 1. The number of fused-ring (bicyclic) bond motifs is 1. The summed E-state index contributed by atoms with van der Waals surface area (Å²) in [7, 11) is -2.93. The largest absolute Gasteiger partial charge is 0.508 e. The molecule has 1 N–H and O–H groups in total. The van der Waals surface area contributed by atoms with Gasteiger partial charge in [-0.15, -0.1) is 4.73 Å². The number of aromatic nitrogens is 1. The van der Waals surface area contributed by atoms with Crippen molar-refractivity contribution in [1.29, 1.82) is 0 Å². The summed E-state index contributed by atoms with van der Waals surface area (Å²) < 4.78 is 36.8. The van der Waals surface area contributed by atoms with Gasteiger partial charge in [0.1, 0.15) is 27.1 Å². The molecule has 4 aromatic rings. The number of pyridine rings is 1. The molecule has 4 rings (SSSR count). The van der Waals surface area contributed by atoms with Crippen LogP contribution >= 0.6 is 23.2 Å². The summed E-state index contributed by atoms with van der Waals surface area (Å²) in [4.78, 5) is 12.6. The lowest BCUT2D eigenvalue weighted by Crippen LogP contribution is -2.33. The highest BCUT2D eigenvalue weighted by atomic mass is 35.5. The third-order valence-electron chi connectivity index (χ3n) is 5.62. The fourth-order valence-corrected chi connectivity index (χ4v) is 4.86. The molecular formula is C26H21Cl2NO6S. The van der Waals surface area contributed by atoms with E-state index < -0.39 is 15.7 Å². The highest BCUT2D eigenvalue weighted by Crippen LogP contribution is 2.28. The van der Waals surface area contributed by atoms with Crippen molar-refractivity contribution in [2.45, 2.75) is 18.7 Å². The standard InChI is InChI=1S/C26H21Cl2NO6S/c1-15-4-10-21(14-23(15)30)36(32,33)35-29-22(24(27)16(2)25(28)26(29)31)11-6-17-5-7-19-13-20(34-3)9-8-18(19)12-17/h4-14,30H,1-3H3. The van der Waals surface area contributed by atoms with E-state index in [1.54, 1.807) is 27.0 Å². The molecule has 1 heterocycles. The fourth-order valence-electron chi connectivity index (χ4n) is 3.49. The lowest BCUT2D eigenvalue weighted by Gasteiger charge is -2.15. The van der Waals surface area contributed by atoms with Crippen LogP contribution in [0.5, 0.6) is 11.5 Å². The highest BCUT2D eigenvalue weighted by molar-refractivity contribution is 7.87. The van der Waals surface area contributed by atoms with Gasteiger partial charge in [-0.1, -0.05) is 53.5 Å². The van der Waals surface area contributed by atoms with Crippen molar-refractivity contribution in [1.82, 2.24) is 4.73 Å². The molecule has 0 aliphatic carbocycles. The van der Waals surface area contributed by atoms with Gasteiger partial charge in [-0.2, -0.15) is 8.42 Å². The lowest BCUT2D eigenvalue weighted by molar-refractivity contribution is 0.264. The number of benzene rings is 3. The van der Waals surface area contributed by atoms with Gasteiger partial charge < -0.3 is 9.84 Å². The van der Waals surface area contributed by atoms with Crippen LogP contribution in [-0.2, 0) is 10.1 Å². The Morgan fingerprint density at radius 1 is 0.917 bits per heavy atom. The Hall–Kier alpha value is -3.46. The number of methoxy groups -OCH3 is 1. The summed E-state index contributed by atoms with van der Waals surface area (Å²) in [6.45, 7) is 3.16. The predicted molar refractivity (Wildman–Crippen MR) is 141 cm³/mol. The van der Waals surface area contributed by atoms with Gasteiger partial charge in [0.05, 0.1) is 12.1 Å². The van der Waals surface area contributed by atoms with Crippen molar-refractivity contribution in [3.8, 4) is 11.5 Å². The second-order valence-corrected chi connectivity index (χ2v) is 10.3. The van der Waals surface area contributed by atoms with Gasteiger partial charge in [0.2, 0.25) is 0 Å². The van der Waals surface area contributed by atoms with E-state index in [1.807, 2.05) is 36.4 Å². The number of phenols is 1. The molecule has 0 fully saturated rings. The van der Waals surface area contributed by atoms with Gasteiger partial charge in [-0.25, -0.2) is 0 Å². The second-order valence-electron chi connectivity index (χ2n) is 8.02. The maximum atomic E-state index is 12.9. The molecule has 0 unspecified atom stereocenters. The van der Waals surface area contributed by atoms with Gasteiger partial charge in [0.15, 0.2) is 0 Å². The van der Waals surface area contributed by atoms with Crippen LogP contribution in [-0.4, -0.2) is 25.4 Å². The third kappa shape index (κ3) is 4.93. The summed E-state index contributed by atoms with van der Waals surface area (Å²) in [6, 6.07) is 15.0. The zero-order chi connectivity index (χ0) is 26.2. The molecule has 0 saturated carbocycles. The van der Waals surface area contributed by atoms with E-state index in [0.29, 0.717) is 10.3 Å². The average molecular weight is 546 g/mol. The number of aromatic hydroxyl groups is 1. The van der Waals surface area contributed by atoms with Crippen molar-refractivity contribution in [3.63, 3.8) is 0 Å². The fraction of sp³-hybridized carbons (Fsp3) is 0.115. The molecule has 0 spiro atoms. The maximum absolute atomic E-state index is 12.9. The van der Waals surface area contributed by atoms with E-state index >= 15 is 0 Å². The smallest absolute Gasteiger partial charge is 0.357 e. The van der Waals surface area contributed by atoms with Crippen molar-refractivity contribution >= 4 is 56.2 Å². The lowest BCUT2D eigenvalue weighted by atomic mass is 10.1. The monoisotopic (exact) mass is 545 g/mol. The molecule has 0 radical (unpaired) electrons. The van der Waals surface area contributed by atoms with Crippen molar-refractivity contribution in [3.05, 3.63) is 97.4 Å². The number of phenolic OH excluding ortho intramolecular Hbond substituents is 1. The summed E-state index contributed by atoms with van der Waals surface area (Å²) in [5.41, 5.74) is 0.604. The second kappa shape index (κ2) is 9.89. The van der Waals surface area contributed by atoms with Gasteiger partial charge in [-0.3, -0.25) is 9.08 Å². The Bertz CT molecular complexity index is 1690. The van der Waals surface area contributed by atoms with Crippen LogP contribution in [0.3, 0.4) is 0 Å². The molecule has 0 saturated heterocycles. The van der Waals surface area contributed by atoms with E-state index in [4.69, 9.17) is 32.2 Å². The number of hydrogen-bond donors (Lipinski definition) is 1. The number of rotatable bonds is 6. The van der Waals surface area contributed by atoms with Crippen molar-refractivity contribution in [2.75, 3.05) is 7.11 Å². The number of nitrogens with zero attached hydrogens (tertiary/aromatic N) is 1. The molecule has 186 valence electrons.